The fourth-order valence-corrected chi connectivity index (χ4v) is 5.59. The van der Waals surface area contributed by atoms with Crippen molar-refractivity contribution in [1.82, 2.24) is 0 Å². The van der Waals surface area contributed by atoms with Crippen LogP contribution in [0.15, 0.2) is 84.9 Å². The molecule has 6 rings (SSSR count). The van der Waals surface area contributed by atoms with Gasteiger partial charge in [-0.3, -0.25) is 9.59 Å². The fraction of sp³-hybridized carbons (Fsp3) is 0.143. The third kappa shape index (κ3) is 3.51. The number of hydrogen-bond donors (Lipinski definition) is 0. The van der Waals surface area contributed by atoms with Crippen LogP contribution in [0.3, 0.4) is 0 Å². The number of carbonyl (C=O) groups is 2. The van der Waals surface area contributed by atoms with Gasteiger partial charge in [-0.15, -0.1) is 0 Å². The minimum atomic E-state index is -0.300. The van der Waals surface area contributed by atoms with E-state index >= 15 is 0 Å². The highest BCUT2D eigenvalue weighted by molar-refractivity contribution is 7.99. The van der Waals surface area contributed by atoms with Crippen LogP contribution in [0.4, 0.5) is 11.4 Å². The van der Waals surface area contributed by atoms with Crippen LogP contribution in [0.2, 0.25) is 0 Å². The molecule has 2 heterocycles. The molecule has 0 aliphatic carbocycles. The molecular formula is C28H22N2O3S. The molecule has 6 heteroatoms. The summed E-state index contributed by atoms with van der Waals surface area (Å²) in [5.74, 6) is 2.93. The zero-order valence-corrected chi connectivity index (χ0v) is 19.3. The first-order valence-corrected chi connectivity index (χ1v) is 12.5. The third-order valence-corrected chi connectivity index (χ3v) is 7.25. The molecule has 1 saturated heterocycles. The molecule has 4 aromatic rings. The summed E-state index contributed by atoms with van der Waals surface area (Å²) in [4.78, 5) is 30.7. The van der Waals surface area contributed by atoms with Crippen LogP contribution in [0, 0.1) is 0 Å². The van der Waals surface area contributed by atoms with Gasteiger partial charge in [0.1, 0.15) is 11.5 Å². The van der Waals surface area contributed by atoms with Crippen molar-refractivity contribution in [2.24, 2.45) is 0 Å². The van der Waals surface area contributed by atoms with Crippen LogP contribution in [0.5, 0.6) is 11.5 Å². The predicted molar refractivity (Wildman–Crippen MR) is 138 cm³/mol. The average Bonchev–Trinajstić information content (AvgIpc) is 2.89. The lowest BCUT2D eigenvalue weighted by molar-refractivity contribution is 0.0893. The zero-order chi connectivity index (χ0) is 23.1. The summed E-state index contributed by atoms with van der Waals surface area (Å²) in [6.07, 6.45) is 0. The van der Waals surface area contributed by atoms with Gasteiger partial charge in [-0.25, -0.2) is 4.90 Å². The molecule has 0 bridgehead atoms. The highest BCUT2D eigenvalue weighted by Gasteiger charge is 2.35. The van der Waals surface area contributed by atoms with Crippen LogP contribution in [0.25, 0.3) is 10.8 Å². The Balaban J connectivity index is 1.36. The van der Waals surface area contributed by atoms with Crippen LogP contribution in [-0.4, -0.2) is 36.4 Å². The van der Waals surface area contributed by atoms with E-state index in [-0.39, 0.29) is 11.8 Å². The lowest BCUT2D eigenvalue weighted by atomic mass is 9.92. The zero-order valence-electron chi connectivity index (χ0n) is 18.4. The number of carbonyl (C=O) groups excluding carboxylic acids is 2. The van der Waals surface area contributed by atoms with Gasteiger partial charge in [0.05, 0.1) is 5.69 Å². The first kappa shape index (κ1) is 20.8. The summed E-state index contributed by atoms with van der Waals surface area (Å²) in [5, 5.41) is 1.73. The second-order valence-electron chi connectivity index (χ2n) is 8.31. The lowest BCUT2D eigenvalue weighted by Crippen LogP contribution is -2.40. The molecule has 0 unspecified atom stereocenters. The largest absolute Gasteiger partial charge is 0.457 e. The van der Waals surface area contributed by atoms with Gasteiger partial charge in [0, 0.05) is 52.2 Å². The van der Waals surface area contributed by atoms with Crippen molar-refractivity contribution >= 4 is 45.7 Å². The Kier molecular flexibility index (Phi) is 5.23. The smallest absolute Gasteiger partial charge is 0.265 e. The summed E-state index contributed by atoms with van der Waals surface area (Å²) in [7, 11) is 0. The van der Waals surface area contributed by atoms with Gasteiger partial charge in [-0.1, -0.05) is 30.3 Å². The van der Waals surface area contributed by atoms with Gasteiger partial charge in [0.15, 0.2) is 0 Å². The number of thioether (sulfide) groups is 1. The van der Waals surface area contributed by atoms with E-state index in [9.17, 15) is 9.59 Å². The molecule has 2 aliphatic heterocycles. The number of imide groups is 1. The van der Waals surface area contributed by atoms with Crippen molar-refractivity contribution in [3.63, 3.8) is 0 Å². The van der Waals surface area contributed by atoms with E-state index in [0.717, 1.165) is 46.8 Å². The molecule has 5 nitrogen and oxygen atoms in total. The standard InChI is InChI=1S/C28H22N2O3S/c31-27-23-8-4-7-22-25(29-15-17-34-18-16-29)14-13-24(26(22)23)28(32)30(27)19-9-11-21(12-10-19)33-20-5-2-1-3-6-20/h1-14H,15-18H2. The molecule has 0 atom stereocenters. The molecule has 168 valence electrons. The Hall–Kier alpha value is -3.77. The Labute approximate surface area is 201 Å². The van der Waals surface area contributed by atoms with E-state index in [1.54, 1.807) is 24.3 Å². The molecule has 2 amide bonds. The third-order valence-electron chi connectivity index (χ3n) is 6.31. The highest BCUT2D eigenvalue weighted by atomic mass is 32.2. The van der Waals surface area contributed by atoms with Gasteiger partial charge in [-0.05, 0) is 54.6 Å². The molecule has 4 aromatic carbocycles. The minimum absolute atomic E-state index is 0.300. The molecular weight excluding hydrogens is 444 g/mol. The molecule has 0 aromatic heterocycles. The van der Waals surface area contributed by atoms with E-state index in [4.69, 9.17) is 4.74 Å². The van der Waals surface area contributed by atoms with Gasteiger partial charge in [0.25, 0.3) is 11.8 Å². The molecule has 0 spiro atoms. The summed E-state index contributed by atoms with van der Waals surface area (Å²) in [6, 6.07) is 26.2. The predicted octanol–water partition coefficient (Wildman–Crippen LogP) is 5.99. The Bertz CT molecular complexity index is 1370. The topological polar surface area (TPSA) is 49.9 Å². The summed E-state index contributed by atoms with van der Waals surface area (Å²) >= 11 is 1.96. The molecule has 0 saturated carbocycles. The Morgan fingerprint density at radius 1 is 0.676 bits per heavy atom. The maximum atomic E-state index is 13.5. The number of anilines is 2. The van der Waals surface area contributed by atoms with Gasteiger partial charge >= 0.3 is 0 Å². The van der Waals surface area contributed by atoms with Gasteiger partial charge in [-0.2, -0.15) is 11.8 Å². The second kappa shape index (κ2) is 8.54. The Morgan fingerprint density at radius 2 is 1.35 bits per heavy atom. The van der Waals surface area contributed by atoms with E-state index in [2.05, 4.69) is 4.90 Å². The first-order valence-electron chi connectivity index (χ1n) is 11.3. The van der Waals surface area contributed by atoms with Crippen molar-refractivity contribution in [1.29, 1.82) is 0 Å². The number of benzene rings is 4. The van der Waals surface area contributed by atoms with Crippen LogP contribution >= 0.6 is 11.8 Å². The van der Waals surface area contributed by atoms with E-state index in [1.165, 1.54) is 4.90 Å². The number of amides is 2. The van der Waals surface area contributed by atoms with Crippen molar-refractivity contribution in [3.05, 3.63) is 96.1 Å². The van der Waals surface area contributed by atoms with Crippen molar-refractivity contribution in [2.45, 2.75) is 0 Å². The molecule has 0 radical (unpaired) electrons. The van der Waals surface area contributed by atoms with E-state index in [0.29, 0.717) is 22.6 Å². The monoisotopic (exact) mass is 466 g/mol. The summed E-state index contributed by atoms with van der Waals surface area (Å²) < 4.78 is 5.85. The number of rotatable bonds is 4. The van der Waals surface area contributed by atoms with E-state index < -0.39 is 0 Å². The highest BCUT2D eigenvalue weighted by Crippen LogP contribution is 2.38. The van der Waals surface area contributed by atoms with Crippen molar-refractivity contribution in [3.8, 4) is 11.5 Å². The average molecular weight is 467 g/mol. The number of hydrogen-bond acceptors (Lipinski definition) is 5. The number of ether oxygens (including phenoxy) is 1. The van der Waals surface area contributed by atoms with Crippen LogP contribution in [-0.2, 0) is 0 Å². The number of para-hydroxylation sites is 1. The normalized spacial score (nSPS) is 15.6. The Morgan fingerprint density at radius 3 is 2.09 bits per heavy atom. The molecule has 34 heavy (non-hydrogen) atoms. The lowest BCUT2D eigenvalue weighted by Gasteiger charge is -2.32. The maximum Gasteiger partial charge on any atom is 0.265 e. The van der Waals surface area contributed by atoms with Crippen molar-refractivity contribution < 1.29 is 14.3 Å². The minimum Gasteiger partial charge on any atom is -0.457 e. The molecule has 1 fully saturated rings. The molecule has 2 aliphatic rings. The second-order valence-corrected chi connectivity index (χ2v) is 9.54. The molecule has 0 N–H and O–H groups in total. The maximum absolute atomic E-state index is 13.5. The van der Waals surface area contributed by atoms with Crippen LogP contribution in [0.1, 0.15) is 20.7 Å². The summed E-state index contributed by atoms with van der Waals surface area (Å²) in [5.41, 5.74) is 2.74. The number of nitrogens with zero attached hydrogens (tertiary/aromatic N) is 2. The fourth-order valence-electron chi connectivity index (χ4n) is 4.68. The van der Waals surface area contributed by atoms with E-state index in [1.807, 2.05) is 72.4 Å². The van der Waals surface area contributed by atoms with Crippen molar-refractivity contribution in [2.75, 3.05) is 34.4 Å². The summed E-state index contributed by atoms with van der Waals surface area (Å²) in [6.45, 7) is 1.93. The van der Waals surface area contributed by atoms with Gasteiger partial charge < -0.3 is 9.64 Å². The quantitative estimate of drug-likeness (QED) is 0.346. The van der Waals surface area contributed by atoms with Gasteiger partial charge in [0.2, 0.25) is 0 Å². The SMILES string of the molecule is O=C1c2cccc3c(N4CCSCC4)ccc(c23)C(=O)N1c1ccc(Oc2ccccc2)cc1. The van der Waals surface area contributed by atoms with Crippen LogP contribution < -0.4 is 14.5 Å². The first-order chi connectivity index (χ1) is 16.7.